The van der Waals surface area contributed by atoms with Crippen molar-refractivity contribution in [2.45, 2.75) is 23.3 Å². The van der Waals surface area contributed by atoms with Crippen molar-refractivity contribution in [3.63, 3.8) is 0 Å². The molecule has 8 aromatic carbocycles. The summed E-state index contributed by atoms with van der Waals surface area (Å²) in [6, 6.07) is 82.1. The van der Waals surface area contributed by atoms with Gasteiger partial charge in [-0.15, -0.1) is 22.3 Å². The van der Waals surface area contributed by atoms with Crippen LogP contribution in [0, 0.1) is 18.8 Å². The fourth-order valence-corrected chi connectivity index (χ4v) is 12.0. The van der Waals surface area contributed by atoms with Crippen molar-refractivity contribution in [3.05, 3.63) is 298 Å². The minimum atomic E-state index is -0.780. The molecule has 9 aromatic rings. The van der Waals surface area contributed by atoms with E-state index in [9.17, 15) is 0 Å². The molecule has 4 heteroatoms. The molecule has 0 fully saturated rings. The smallest absolute Gasteiger partial charge is 0.0686 e. The third kappa shape index (κ3) is 5.14. The van der Waals surface area contributed by atoms with E-state index < -0.39 is 16.4 Å². The number of aromatic nitrogens is 1. The van der Waals surface area contributed by atoms with Crippen LogP contribution in [0.25, 0.3) is 33.4 Å². The molecule has 13 rings (SSSR count). The summed E-state index contributed by atoms with van der Waals surface area (Å²) < 4.78 is 0. The van der Waals surface area contributed by atoms with Gasteiger partial charge in [0.1, 0.15) is 0 Å². The minimum absolute atomic E-state index is 0. The summed E-state index contributed by atoms with van der Waals surface area (Å²) in [5, 5.41) is 0. The van der Waals surface area contributed by atoms with Gasteiger partial charge in [-0.2, -0.15) is 55.2 Å². The minimum Gasteiger partial charge on any atom is -0.508 e. The van der Waals surface area contributed by atoms with Crippen LogP contribution in [0.5, 0.6) is 0 Å². The van der Waals surface area contributed by atoms with Crippen molar-refractivity contribution < 1.29 is 21.1 Å². The maximum Gasteiger partial charge on any atom is 0.0686 e. The van der Waals surface area contributed by atoms with E-state index in [1.165, 1.54) is 72.5 Å². The Morgan fingerprint density at radius 3 is 1.22 bits per heavy atom. The SMILES string of the molecule is CC1=CN(C2(c3[c-]c(C4(c5[c-]c(C6(c7ccccn7)c7ccccc7-c7ccccc76)ccc5)c5ccccc5-c5ccccc54)ccc3)c3ccccc3-c3ccccc32)[CH-]N1C.[Pt]. The topological polar surface area (TPSA) is 19.4 Å². The van der Waals surface area contributed by atoms with Gasteiger partial charge in [0.2, 0.25) is 0 Å². The van der Waals surface area contributed by atoms with Crippen LogP contribution in [-0.4, -0.2) is 21.8 Å². The predicted molar refractivity (Wildman–Crippen MR) is 256 cm³/mol. The maximum absolute atomic E-state index is 5.19. The summed E-state index contributed by atoms with van der Waals surface area (Å²) in [5.74, 6) is 0. The maximum atomic E-state index is 5.19. The summed E-state index contributed by atoms with van der Waals surface area (Å²) in [6.07, 6.45) is 4.22. The zero-order valence-electron chi connectivity index (χ0n) is 35.9. The van der Waals surface area contributed by atoms with Crippen LogP contribution in [0.1, 0.15) is 68.3 Å². The van der Waals surface area contributed by atoms with E-state index in [1.807, 2.05) is 12.3 Å². The molecule has 0 amide bonds. The molecule has 0 N–H and O–H groups in total. The molecule has 65 heavy (non-hydrogen) atoms. The first-order valence-electron chi connectivity index (χ1n) is 22.2. The largest absolute Gasteiger partial charge is 0.508 e. The van der Waals surface area contributed by atoms with Gasteiger partial charge in [-0.3, -0.25) is 4.98 Å². The molecule has 0 saturated carbocycles. The van der Waals surface area contributed by atoms with Gasteiger partial charge in [0.05, 0.1) is 16.6 Å². The first-order valence-corrected chi connectivity index (χ1v) is 22.2. The Bertz CT molecular complexity index is 3250. The van der Waals surface area contributed by atoms with Crippen molar-refractivity contribution in [2.24, 2.45) is 0 Å². The molecule has 3 nitrogen and oxygen atoms in total. The quantitative estimate of drug-likeness (QED) is 0.155. The molecule has 0 saturated heterocycles. The van der Waals surface area contributed by atoms with E-state index in [2.05, 4.69) is 243 Å². The third-order valence-electron chi connectivity index (χ3n) is 14.6. The van der Waals surface area contributed by atoms with Gasteiger partial charge in [-0.05, 0) is 105 Å². The summed E-state index contributed by atoms with van der Waals surface area (Å²) in [6.45, 7) is 4.43. The molecule has 0 bridgehead atoms. The van der Waals surface area contributed by atoms with Crippen molar-refractivity contribution in [1.82, 2.24) is 14.8 Å². The molecule has 314 valence electrons. The number of benzene rings is 8. The monoisotopic (exact) mass is 1010 g/mol. The average molecular weight is 1010 g/mol. The van der Waals surface area contributed by atoms with E-state index in [-0.39, 0.29) is 21.1 Å². The van der Waals surface area contributed by atoms with Crippen molar-refractivity contribution >= 4 is 0 Å². The van der Waals surface area contributed by atoms with Crippen LogP contribution < -0.4 is 0 Å². The fourth-order valence-electron chi connectivity index (χ4n) is 12.0. The summed E-state index contributed by atoms with van der Waals surface area (Å²) in [7, 11) is 2.13. The number of rotatable bonds is 6. The molecule has 0 radical (unpaired) electrons. The number of hydrogen-bond acceptors (Lipinski definition) is 3. The number of hydrogen-bond donors (Lipinski definition) is 0. The molecule has 0 spiro atoms. The Morgan fingerprint density at radius 1 is 0.415 bits per heavy atom. The van der Waals surface area contributed by atoms with Crippen LogP contribution in [0.3, 0.4) is 0 Å². The van der Waals surface area contributed by atoms with Gasteiger partial charge in [-0.1, -0.05) is 152 Å². The Balaban J connectivity index is 0.00000444. The Morgan fingerprint density at radius 2 is 0.785 bits per heavy atom. The second kappa shape index (κ2) is 14.7. The zero-order valence-corrected chi connectivity index (χ0v) is 38.2. The Hall–Kier alpha value is -7.06. The van der Waals surface area contributed by atoms with E-state index in [1.54, 1.807) is 0 Å². The fraction of sp³-hybridized carbons (Fsp3) is 0.0820. The first-order chi connectivity index (χ1) is 31.6. The molecule has 2 heterocycles. The van der Waals surface area contributed by atoms with Crippen molar-refractivity contribution in [3.8, 4) is 33.4 Å². The van der Waals surface area contributed by atoms with Gasteiger partial charge < -0.3 is 9.80 Å². The van der Waals surface area contributed by atoms with Gasteiger partial charge >= 0.3 is 0 Å². The average Bonchev–Trinajstić information content (AvgIpc) is 4.06. The summed E-state index contributed by atoms with van der Waals surface area (Å²) >= 11 is 0. The van der Waals surface area contributed by atoms with E-state index in [0.717, 1.165) is 27.9 Å². The van der Waals surface area contributed by atoms with Crippen LogP contribution in [0.2, 0.25) is 0 Å². The molecule has 1 aliphatic heterocycles. The van der Waals surface area contributed by atoms with E-state index >= 15 is 0 Å². The van der Waals surface area contributed by atoms with Gasteiger partial charge in [0.25, 0.3) is 0 Å². The van der Waals surface area contributed by atoms with E-state index in [0.29, 0.717) is 0 Å². The number of allylic oxidation sites excluding steroid dienone is 1. The van der Waals surface area contributed by atoms with Crippen LogP contribution >= 0.6 is 0 Å². The zero-order chi connectivity index (χ0) is 42.6. The normalized spacial score (nSPS) is 16.1. The van der Waals surface area contributed by atoms with Gasteiger partial charge in [-0.25, -0.2) is 0 Å². The predicted octanol–water partition coefficient (Wildman–Crippen LogP) is 12.9. The van der Waals surface area contributed by atoms with Crippen LogP contribution in [0.4, 0.5) is 0 Å². The molecule has 4 aliphatic rings. The molecule has 1 aromatic heterocycles. The standard InChI is InChI=1S/C61H42N3.Pt/c1-41-39-64(40-63(41)2)61(56-33-13-7-27-50(56)51-28-8-14-34-57(51)61)45-22-18-20-43(38-45)59(52-29-9-3-23-46(52)47-24-4-10-30-53(47)59)42-19-17-21-44(37-42)60(58-35-15-16-36-62-58)54-31-11-5-25-48(54)49-26-6-12-32-55(49)60;/h3-36,39-40H,1-2H3;/q-3;. The number of pyridine rings is 1. The number of fused-ring (bicyclic) bond motifs is 9. The van der Waals surface area contributed by atoms with Crippen LogP contribution in [-0.2, 0) is 37.4 Å². The first kappa shape index (κ1) is 39.5. The van der Waals surface area contributed by atoms with E-state index in [4.69, 9.17) is 4.98 Å². The second-order valence-electron chi connectivity index (χ2n) is 17.6. The van der Waals surface area contributed by atoms with Crippen molar-refractivity contribution in [1.29, 1.82) is 0 Å². The summed E-state index contributed by atoms with van der Waals surface area (Å²) in [4.78, 5) is 9.83. The molecule has 0 atom stereocenters. The van der Waals surface area contributed by atoms with Gasteiger partial charge in [0.15, 0.2) is 0 Å². The Labute approximate surface area is 395 Å². The van der Waals surface area contributed by atoms with Crippen molar-refractivity contribution in [2.75, 3.05) is 7.05 Å². The van der Waals surface area contributed by atoms with Crippen LogP contribution in [0.15, 0.2) is 218 Å². The Kier molecular flexibility index (Phi) is 8.96. The third-order valence-corrected chi connectivity index (χ3v) is 14.6. The number of nitrogens with zero attached hydrogens (tertiary/aromatic N) is 3. The van der Waals surface area contributed by atoms with Gasteiger partial charge in [0, 0.05) is 32.7 Å². The molecule has 3 aliphatic carbocycles. The summed E-state index contributed by atoms with van der Waals surface area (Å²) in [5.41, 5.74) is 19.0. The second-order valence-corrected chi connectivity index (χ2v) is 17.6. The molecular formula is C61H42N3Pt-3. The molecular weight excluding hydrogens is 970 g/mol. The molecule has 0 unspecified atom stereocenters.